The van der Waals surface area contributed by atoms with Gasteiger partial charge in [0, 0.05) is 25.0 Å². The van der Waals surface area contributed by atoms with Crippen molar-refractivity contribution < 1.29 is 13.2 Å². The molecule has 2 nitrogen and oxygen atoms in total. The minimum absolute atomic E-state index is 0.161. The van der Waals surface area contributed by atoms with Crippen molar-refractivity contribution in [1.29, 1.82) is 0 Å². The van der Waals surface area contributed by atoms with Crippen molar-refractivity contribution in [2.75, 3.05) is 19.6 Å². The Kier molecular flexibility index (Phi) is 5.29. The molecular weight excluding hydrogens is 253 g/mol. The van der Waals surface area contributed by atoms with Gasteiger partial charge in [-0.2, -0.15) is 13.2 Å². The van der Waals surface area contributed by atoms with Crippen molar-refractivity contribution >= 4 is 0 Å². The van der Waals surface area contributed by atoms with E-state index in [1.165, 1.54) is 6.42 Å². The normalized spacial score (nSPS) is 24.2. The lowest BCUT2D eigenvalue weighted by Crippen LogP contribution is -2.56. The molecule has 1 rings (SSSR count). The molecule has 0 saturated carbocycles. The van der Waals surface area contributed by atoms with Crippen LogP contribution >= 0.6 is 0 Å². The number of likely N-dealkylation sites (tertiary alicyclic amines) is 1. The third-order valence-corrected chi connectivity index (χ3v) is 4.28. The van der Waals surface area contributed by atoms with E-state index in [1.54, 1.807) is 0 Å². The summed E-state index contributed by atoms with van der Waals surface area (Å²) < 4.78 is 36.8. The van der Waals surface area contributed by atoms with Crippen LogP contribution in [-0.2, 0) is 0 Å². The minimum atomic E-state index is -4.06. The summed E-state index contributed by atoms with van der Waals surface area (Å²) in [4.78, 5) is 2.30. The number of rotatable bonds is 5. The van der Waals surface area contributed by atoms with Crippen LogP contribution in [0.3, 0.4) is 0 Å². The fraction of sp³-hybridized carbons (Fsp3) is 1.00. The molecule has 0 bridgehead atoms. The number of hydrogen-bond donors (Lipinski definition) is 1. The second-order valence-electron chi connectivity index (χ2n) is 6.86. The summed E-state index contributed by atoms with van der Waals surface area (Å²) in [5.41, 5.74) is 5.79. The summed E-state index contributed by atoms with van der Waals surface area (Å²) in [7, 11) is 0. The van der Waals surface area contributed by atoms with Crippen molar-refractivity contribution in [2.24, 2.45) is 11.1 Å². The first-order chi connectivity index (χ1) is 8.58. The maximum atomic E-state index is 12.3. The van der Waals surface area contributed by atoms with E-state index in [0.717, 1.165) is 19.5 Å². The number of alkyl halides is 3. The molecule has 1 fully saturated rings. The van der Waals surface area contributed by atoms with Gasteiger partial charge in [-0.3, -0.25) is 4.90 Å². The predicted molar refractivity (Wildman–Crippen MR) is 72.0 cm³/mol. The molecule has 1 unspecified atom stereocenters. The molecule has 19 heavy (non-hydrogen) atoms. The third kappa shape index (κ3) is 5.30. The van der Waals surface area contributed by atoms with Crippen LogP contribution in [-0.4, -0.2) is 36.2 Å². The van der Waals surface area contributed by atoms with E-state index >= 15 is 0 Å². The second-order valence-corrected chi connectivity index (χ2v) is 6.86. The Morgan fingerprint density at radius 2 is 1.84 bits per heavy atom. The highest BCUT2D eigenvalue weighted by Crippen LogP contribution is 2.35. The van der Waals surface area contributed by atoms with E-state index in [-0.39, 0.29) is 17.4 Å². The van der Waals surface area contributed by atoms with Gasteiger partial charge in [0.25, 0.3) is 0 Å². The van der Waals surface area contributed by atoms with Gasteiger partial charge in [0.1, 0.15) is 0 Å². The SMILES string of the molecule is CC1(C)CCCN(C(C)(CN)CCCC(F)(F)F)C1. The Labute approximate surface area is 114 Å². The van der Waals surface area contributed by atoms with Crippen LogP contribution in [0.4, 0.5) is 13.2 Å². The summed E-state index contributed by atoms with van der Waals surface area (Å²) in [6.07, 6.45) is -1.82. The summed E-state index contributed by atoms with van der Waals surface area (Å²) in [5.74, 6) is 0. The highest BCUT2D eigenvalue weighted by molar-refractivity contribution is 4.92. The van der Waals surface area contributed by atoms with Crippen LogP contribution < -0.4 is 5.73 Å². The summed E-state index contributed by atoms with van der Waals surface area (Å²) >= 11 is 0. The van der Waals surface area contributed by atoms with Crippen LogP contribution in [0.25, 0.3) is 0 Å². The highest BCUT2D eigenvalue weighted by Gasteiger charge is 2.37. The van der Waals surface area contributed by atoms with Gasteiger partial charge in [-0.1, -0.05) is 13.8 Å². The average molecular weight is 280 g/mol. The highest BCUT2D eigenvalue weighted by atomic mass is 19.4. The van der Waals surface area contributed by atoms with Gasteiger partial charge in [0.05, 0.1) is 0 Å². The fourth-order valence-electron chi connectivity index (χ4n) is 2.94. The largest absolute Gasteiger partial charge is 0.389 e. The van der Waals surface area contributed by atoms with Gasteiger partial charge < -0.3 is 5.73 Å². The van der Waals surface area contributed by atoms with E-state index < -0.39 is 12.6 Å². The van der Waals surface area contributed by atoms with E-state index in [4.69, 9.17) is 5.73 Å². The first-order valence-electron chi connectivity index (χ1n) is 7.10. The first kappa shape index (κ1) is 16.8. The van der Waals surface area contributed by atoms with Crippen molar-refractivity contribution in [1.82, 2.24) is 4.90 Å². The molecule has 0 aromatic rings. The Bertz CT molecular complexity index is 289. The average Bonchev–Trinajstić information content (AvgIpc) is 2.25. The van der Waals surface area contributed by atoms with Gasteiger partial charge in [-0.15, -0.1) is 0 Å². The van der Waals surface area contributed by atoms with E-state index in [9.17, 15) is 13.2 Å². The zero-order valence-corrected chi connectivity index (χ0v) is 12.3. The summed E-state index contributed by atoms with van der Waals surface area (Å²) in [6.45, 7) is 8.72. The molecule has 1 aliphatic rings. The fourth-order valence-corrected chi connectivity index (χ4v) is 2.94. The van der Waals surface area contributed by atoms with Crippen LogP contribution in [0.2, 0.25) is 0 Å². The molecular formula is C14H27F3N2. The number of nitrogens with zero attached hydrogens (tertiary/aromatic N) is 1. The molecule has 1 atom stereocenters. The topological polar surface area (TPSA) is 29.3 Å². The minimum Gasteiger partial charge on any atom is -0.329 e. The molecule has 0 aromatic carbocycles. The molecule has 114 valence electrons. The predicted octanol–water partition coefficient (Wildman–Crippen LogP) is 3.56. The number of hydrogen-bond acceptors (Lipinski definition) is 2. The maximum Gasteiger partial charge on any atom is 0.389 e. The van der Waals surface area contributed by atoms with Crippen LogP contribution in [0.15, 0.2) is 0 Å². The molecule has 0 radical (unpaired) electrons. The van der Waals surface area contributed by atoms with Crippen LogP contribution in [0.5, 0.6) is 0 Å². The Balaban J connectivity index is 2.58. The van der Waals surface area contributed by atoms with Crippen LogP contribution in [0, 0.1) is 5.41 Å². The molecule has 0 amide bonds. The zero-order valence-electron chi connectivity index (χ0n) is 12.3. The Morgan fingerprint density at radius 3 is 2.32 bits per heavy atom. The smallest absolute Gasteiger partial charge is 0.329 e. The molecule has 1 heterocycles. The van der Waals surface area contributed by atoms with E-state index in [2.05, 4.69) is 18.7 Å². The van der Waals surface area contributed by atoms with Crippen molar-refractivity contribution in [3.05, 3.63) is 0 Å². The first-order valence-corrected chi connectivity index (χ1v) is 7.10. The van der Waals surface area contributed by atoms with Crippen molar-refractivity contribution in [3.63, 3.8) is 0 Å². The molecule has 0 aliphatic carbocycles. The van der Waals surface area contributed by atoms with Crippen molar-refractivity contribution in [2.45, 2.75) is 64.6 Å². The van der Waals surface area contributed by atoms with Gasteiger partial charge in [0.15, 0.2) is 0 Å². The molecule has 0 spiro atoms. The molecule has 1 saturated heterocycles. The van der Waals surface area contributed by atoms with Crippen LogP contribution in [0.1, 0.15) is 52.9 Å². The molecule has 5 heteroatoms. The zero-order chi connectivity index (χ0) is 14.7. The van der Waals surface area contributed by atoms with E-state index in [1.807, 2.05) is 6.92 Å². The van der Waals surface area contributed by atoms with Gasteiger partial charge in [0.2, 0.25) is 0 Å². The monoisotopic (exact) mass is 280 g/mol. The van der Waals surface area contributed by atoms with Gasteiger partial charge in [-0.25, -0.2) is 0 Å². The standard InChI is InChI=1S/C14H27F3N2/c1-12(2)6-5-9-19(11-12)13(3,10-18)7-4-8-14(15,16)17/h4-11,18H2,1-3H3. The Morgan fingerprint density at radius 1 is 1.21 bits per heavy atom. The van der Waals surface area contributed by atoms with Gasteiger partial charge in [-0.05, 0) is 44.6 Å². The quantitative estimate of drug-likeness (QED) is 0.834. The number of halogens is 3. The summed E-state index contributed by atoms with van der Waals surface area (Å²) in [6, 6.07) is 0. The lowest BCUT2D eigenvalue weighted by atomic mass is 9.80. The Hall–Kier alpha value is -0.290. The summed E-state index contributed by atoms with van der Waals surface area (Å²) in [5, 5.41) is 0. The molecule has 2 N–H and O–H groups in total. The maximum absolute atomic E-state index is 12.3. The molecule has 1 aliphatic heterocycles. The lowest BCUT2D eigenvalue weighted by Gasteiger charge is -2.48. The van der Waals surface area contributed by atoms with Gasteiger partial charge >= 0.3 is 6.18 Å². The number of piperidine rings is 1. The van der Waals surface area contributed by atoms with E-state index in [0.29, 0.717) is 13.0 Å². The van der Waals surface area contributed by atoms with Crippen molar-refractivity contribution in [3.8, 4) is 0 Å². The lowest BCUT2D eigenvalue weighted by molar-refractivity contribution is -0.137. The number of nitrogens with two attached hydrogens (primary N) is 1. The molecule has 0 aromatic heterocycles. The second kappa shape index (κ2) is 6.00. The third-order valence-electron chi connectivity index (χ3n) is 4.28.